The van der Waals surface area contributed by atoms with Crippen LogP contribution in [-0.4, -0.2) is 45.7 Å². The molecule has 0 spiro atoms. The van der Waals surface area contributed by atoms with Gasteiger partial charge in [-0.05, 0) is 5.92 Å². The highest BCUT2D eigenvalue weighted by atomic mass is 32.2. The van der Waals surface area contributed by atoms with Crippen molar-refractivity contribution < 1.29 is 22.4 Å². The molecule has 0 rings (SSSR count). The highest BCUT2D eigenvalue weighted by Crippen LogP contribution is 2.02. The first-order chi connectivity index (χ1) is 6.91. The second-order valence-electron chi connectivity index (χ2n) is 3.60. The molecule has 6 heteroatoms. The topological polar surface area (TPSA) is 72.8 Å². The van der Waals surface area contributed by atoms with E-state index in [1.54, 1.807) is 0 Å². The second kappa shape index (κ2) is 7.16. The monoisotopic (exact) mass is 240 g/mol. The Labute approximate surface area is 91.5 Å². The molecule has 1 N–H and O–H groups in total. The Hall–Kier alpha value is -0.170. The van der Waals surface area contributed by atoms with E-state index in [1.165, 1.54) is 0 Å². The molecule has 0 saturated carbocycles. The van der Waals surface area contributed by atoms with Crippen molar-refractivity contribution in [1.82, 2.24) is 0 Å². The number of aliphatic hydroxyl groups is 1. The molecule has 0 aliphatic heterocycles. The summed E-state index contributed by atoms with van der Waals surface area (Å²) in [6, 6.07) is 0. The van der Waals surface area contributed by atoms with Crippen LogP contribution in [-0.2, 0) is 19.0 Å². The normalized spacial score (nSPS) is 16.3. The van der Waals surface area contributed by atoms with Gasteiger partial charge >= 0.3 is 0 Å². The van der Waals surface area contributed by atoms with E-state index in [1.807, 2.05) is 13.8 Å². The molecule has 0 saturated heterocycles. The minimum absolute atomic E-state index is 0.0208. The van der Waals surface area contributed by atoms with Crippen LogP contribution < -0.4 is 0 Å². The highest BCUT2D eigenvalue weighted by Gasteiger charge is 2.16. The Balaban J connectivity index is 3.71. The van der Waals surface area contributed by atoms with Crippen molar-refractivity contribution in [3.8, 4) is 0 Å². The number of rotatable bonds is 8. The van der Waals surface area contributed by atoms with Crippen molar-refractivity contribution in [2.45, 2.75) is 26.4 Å². The molecular formula is C9H20O5S. The second-order valence-corrected chi connectivity index (χ2v) is 5.38. The largest absolute Gasteiger partial charge is 0.390 e. The number of ether oxygens (including phenoxy) is 1. The molecule has 0 bridgehead atoms. The Morgan fingerprint density at radius 1 is 1.33 bits per heavy atom. The first kappa shape index (κ1) is 14.8. The van der Waals surface area contributed by atoms with Crippen LogP contribution in [0.2, 0.25) is 0 Å². The summed E-state index contributed by atoms with van der Waals surface area (Å²) in [7, 11) is -2.53. The van der Waals surface area contributed by atoms with Gasteiger partial charge in [0, 0.05) is 6.61 Å². The fraction of sp³-hybridized carbons (Fsp3) is 1.00. The van der Waals surface area contributed by atoms with Gasteiger partial charge in [0.15, 0.2) is 0 Å². The number of aliphatic hydroxyl groups excluding tert-OH is 1. The quantitative estimate of drug-likeness (QED) is 0.621. The molecule has 0 aromatic heterocycles. The minimum Gasteiger partial charge on any atom is -0.390 e. The van der Waals surface area contributed by atoms with E-state index in [2.05, 4.69) is 4.18 Å². The molecule has 0 aliphatic rings. The summed E-state index contributed by atoms with van der Waals surface area (Å²) in [4.78, 5) is 0. The fourth-order valence-electron chi connectivity index (χ4n) is 0.875. The van der Waals surface area contributed by atoms with Crippen molar-refractivity contribution in [2.24, 2.45) is 5.92 Å². The summed E-state index contributed by atoms with van der Waals surface area (Å²) >= 11 is 0. The molecule has 0 heterocycles. The predicted octanol–water partition coefficient (Wildman–Crippen LogP) is 0.386. The molecular weight excluding hydrogens is 220 g/mol. The van der Waals surface area contributed by atoms with Crippen LogP contribution in [0.3, 0.4) is 0 Å². The SMILES string of the molecule is CCC(C)COCC(O)CS(=O)(=O)OC. The van der Waals surface area contributed by atoms with Gasteiger partial charge in [0.1, 0.15) is 5.75 Å². The van der Waals surface area contributed by atoms with Crippen LogP contribution >= 0.6 is 0 Å². The van der Waals surface area contributed by atoms with Gasteiger partial charge in [-0.25, -0.2) is 0 Å². The van der Waals surface area contributed by atoms with Crippen LogP contribution in [0.25, 0.3) is 0 Å². The summed E-state index contributed by atoms with van der Waals surface area (Å²) in [6.45, 7) is 4.62. The van der Waals surface area contributed by atoms with Crippen molar-refractivity contribution >= 4 is 10.1 Å². The van der Waals surface area contributed by atoms with E-state index in [-0.39, 0.29) is 6.61 Å². The van der Waals surface area contributed by atoms with Gasteiger partial charge in [-0.2, -0.15) is 8.42 Å². The zero-order valence-corrected chi connectivity index (χ0v) is 10.3. The van der Waals surface area contributed by atoms with Crippen LogP contribution in [0.4, 0.5) is 0 Å². The van der Waals surface area contributed by atoms with Crippen molar-refractivity contribution in [2.75, 3.05) is 26.1 Å². The molecule has 0 aromatic rings. The summed E-state index contributed by atoms with van der Waals surface area (Å²) in [6.07, 6.45) is -0.0362. The van der Waals surface area contributed by atoms with E-state index in [0.29, 0.717) is 12.5 Å². The minimum atomic E-state index is -3.60. The van der Waals surface area contributed by atoms with E-state index >= 15 is 0 Å². The zero-order chi connectivity index (χ0) is 11.9. The summed E-state index contributed by atoms with van der Waals surface area (Å²) in [5, 5.41) is 9.32. The summed E-state index contributed by atoms with van der Waals surface area (Å²) in [5.74, 6) is -0.0134. The van der Waals surface area contributed by atoms with Gasteiger partial charge in [-0.1, -0.05) is 20.3 Å². The first-order valence-electron chi connectivity index (χ1n) is 4.95. The Morgan fingerprint density at radius 3 is 2.40 bits per heavy atom. The predicted molar refractivity (Wildman–Crippen MR) is 57.1 cm³/mol. The molecule has 2 unspecified atom stereocenters. The molecule has 0 radical (unpaired) electrons. The summed E-state index contributed by atoms with van der Waals surface area (Å²) in [5.41, 5.74) is 0. The Kier molecular flexibility index (Phi) is 7.08. The average molecular weight is 240 g/mol. The molecule has 0 amide bonds. The van der Waals surface area contributed by atoms with Gasteiger partial charge in [-0.3, -0.25) is 4.18 Å². The Morgan fingerprint density at radius 2 is 1.93 bits per heavy atom. The van der Waals surface area contributed by atoms with E-state index in [4.69, 9.17) is 4.74 Å². The van der Waals surface area contributed by atoms with Crippen LogP contribution in [0.5, 0.6) is 0 Å². The van der Waals surface area contributed by atoms with E-state index in [0.717, 1.165) is 13.5 Å². The lowest BCUT2D eigenvalue weighted by molar-refractivity contribution is 0.0320. The number of hydrogen-bond donors (Lipinski definition) is 1. The third-order valence-corrected chi connectivity index (χ3v) is 3.36. The van der Waals surface area contributed by atoms with Crippen molar-refractivity contribution in [3.63, 3.8) is 0 Å². The van der Waals surface area contributed by atoms with Gasteiger partial charge in [0.05, 0.1) is 19.8 Å². The third-order valence-electron chi connectivity index (χ3n) is 2.06. The number of hydrogen-bond acceptors (Lipinski definition) is 5. The summed E-state index contributed by atoms with van der Waals surface area (Å²) < 4.78 is 31.2. The lowest BCUT2D eigenvalue weighted by Gasteiger charge is -2.13. The van der Waals surface area contributed by atoms with Crippen LogP contribution in [0.1, 0.15) is 20.3 Å². The lowest BCUT2D eigenvalue weighted by atomic mass is 10.1. The van der Waals surface area contributed by atoms with Gasteiger partial charge in [0.25, 0.3) is 10.1 Å². The molecule has 0 aromatic carbocycles. The highest BCUT2D eigenvalue weighted by molar-refractivity contribution is 7.86. The van der Waals surface area contributed by atoms with E-state index < -0.39 is 22.0 Å². The molecule has 92 valence electrons. The van der Waals surface area contributed by atoms with Gasteiger partial charge < -0.3 is 9.84 Å². The molecule has 0 aliphatic carbocycles. The van der Waals surface area contributed by atoms with E-state index in [9.17, 15) is 13.5 Å². The van der Waals surface area contributed by atoms with Crippen molar-refractivity contribution in [1.29, 1.82) is 0 Å². The lowest BCUT2D eigenvalue weighted by Crippen LogP contribution is -2.27. The van der Waals surface area contributed by atoms with Crippen LogP contribution in [0.15, 0.2) is 0 Å². The fourth-order valence-corrected chi connectivity index (χ4v) is 1.58. The molecule has 2 atom stereocenters. The maximum atomic E-state index is 10.9. The smallest absolute Gasteiger partial charge is 0.269 e. The molecule has 0 fully saturated rings. The van der Waals surface area contributed by atoms with Crippen LogP contribution in [0, 0.1) is 5.92 Å². The molecule has 15 heavy (non-hydrogen) atoms. The van der Waals surface area contributed by atoms with Crippen molar-refractivity contribution in [3.05, 3.63) is 0 Å². The van der Waals surface area contributed by atoms with Gasteiger partial charge in [0.2, 0.25) is 0 Å². The van der Waals surface area contributed by atoms with Gasteiger partial charge in [-0.15, -0.1) is 0 Å². The standard InChI is InChI=1S/C9H20O5S/c1-4-8(2)5-14-6-9(10)7-15(11,12)13-3/h8-10H,4-7H2,1-3H3. The Bertz CT molecular complexity index is 249. The average Bonchev–Trinajstić information content (AvgIpc) is 2.16. The maximum Gasteiger partial charge on any atom is 0.269 e. The zero-order valence-electron chi connectivity index (χ0n) is 9.47. The first-order valence-corrected chi connectivity index (χ1v) is 6.53. The maximum absolute atomic E-state index is 10.9. The third kappa shape index (κ3) is 7.72. The molecule has 5 nitrogen and oxygen atoms in total.